The SMILES string of the molecule is Cc1sc(-c2ccsc2)nc1C1C(=O)[C@@H]2CC[C@@H](C2)C1=O. The third kappa shape index (κ3) is 2.02. The molecule has 0 amide bonds. The summed E-state index contributed by atoms with van der Waals surface area (Å²) in [6, 6.07) is 2.03. The zero-order valence-electron chi connectivity index (χ0n) is 11.7. The molecule has 2 aliphatic carbocycles. The standard InChI is InChI=1S/C16H15NO2S2/c1-8-13(17-16(21-8)11-4-5-20-7-11)12-14(18)9-2-3-10(6-9)15(12)19/h4-5,7,9-10,12H,2-3,6H2,1H3/t9-,10+,12?. The lowest BCUT2D eigenvalue weighted by atomic mass is 9.77. The summed E-state index contributed by atoms with van der Waals surface area (Å²) in [5.74, 6) is -0.204. The highest BCUT2D eigenvalue weighted by molar-refractivity contribution is 7.15. The lowest BCUT2D eigenvalue weighted by molar-refractivity contribution is -0.136. The van der Waals surface area contributed by atoms with Gasteiger partial charge in [0.05, 0.1) is 5.69 Å². The molecule has 0 saturated heterocycles. The van der Waals surface area contributed by atoms with Crippen molar-refractivity contribution in [1.82, 2.24) is 4.98 Å². The minimum atomic E-state index is -0.597. The van der Waals surface area contributed by atoms with E-state index in [1.807, 2.05) is 18.4 Å². The maximum atomic E-state index is 12.6. The Morgan fingerprint density at radius 3 is 2.52 bits per heavy atom. The Morgan fingerprint density at radius 1 is 1.19 bits per heavy atom. The Hall–Kier alpha value is -1.33. The minimum Gasteiger partial charge on any atom is -0.298 e. The van der Waals surface area contributed by atoms with Crippen molar-refractivity contribution in [2.24, 2.45) is 11.8 Å². The highest BCUT2D eigenvalue weighted by Gasteiger charge is 2.48. The van der Waals surface area contributed by atoms with Crippen molar-refractivity contribution < 1.29 is 9.59 Å². The number of carbonyl (C=O) groups is 2. The van der Waals surface area contributed by atoms with E-state index in [4.69, 9.17) is 0 Å². The molecular weight excluding hydrogens is 302 g/mol. The monoisotopic (exact) mass is 317 g/mol. The summed E-state index contributed by atoms with van der Waals surface area (Å²) in [4.78, 5) is 30.8. The summed E-state index contributed by atoms with van der Waals surface area (Å²) in [5, 5.41) is 4.99. The van der Waals surface area contributed by atoms with E-state index >= 15 is 0 Å². The first-order valence-electron chi connectivity index (χ1n) is 7.22. The predicted molar refractivity (Wildman–Crippen MR) is 83.8 cm³/mol. The van der Waals surface area contributed by atoms with Gasteiger partial charge in [0.25, 0.3) is 0 Å². The molecule has 2 bridgehead atoms. The second-order valence-corrected chi connectivity index (χ2v) is 7.90. The van der Waals surface area contributed by atoms with Crippen LogP contribution in [0.1, 0.15) is 35.8 Å². The zero-order chi connectivity index (χ0) is 14.6. The molecule has 1 unspecified atom stereocenters. The molecule has 2 aliphatic rings. The van der Waals surface area contributed by atoms with Gasteiger partial charge in [0.15, 0.2) is 11.6 Å². The average molecular weight is 317 g/mol. The van der Waals surface area contributed by atoms with E-state index in [2.05, 4.69) is 10.4 Å². The molecule has 2 fully saturated rings. The van der Waals surface area contributed by atoms with Crippen molar-refractivity contribution >= 4 is 34.2 Å². The lowest BCUT2D eigenvalue weighted by Crippen LogP contribution is -2.35. The van der Waals surface area contributed by atoms with Gasteiger partial charge in [-0.15, -0.1) is 11.3 Å². The van der Waals surface area contributed by atoms with Crippen LogP contribution in [-0.2, 0) is 9.59 Å². The Kier molecular flexibility index (Phi) is 3.08. The van der Waals surface area contributed by atoms with Crippen molar-refractivity contribution in [1.29, 1.82) is 0 Å². The first-order valence-corrected chi connectivity index (χ1v) is 8.98. The summed E-state index contributed by atoms with van der Waals surface area (Å²) >= 11 is 3.21. The van der Waals surface area contributed by atoms with Crippen molar-refractivity contribution in [3.8, 4) is 10.6 Å². The Balaban J connectivity index is 1.76. The van der Waals surface area contributed by atoms with E-state index in [1.165, 1.54) is 0 Å². The molecule has 0 aromatic carbocycles. The van der Waals surface area contributed by atoms with E-state index in [9.17, 15) is 9.59 Å². The highest BCUT2D eigenvalue weighted by atomic mass is 32.1. The molecule has 108 valence electrons. The molecular formula is C16H15NO2S2. The number of aryl methyl sites for hydroxylation is 1. The Labute approximate surface area is 131 Å². The fourth-order valence-corrected chi connectivity index (χ4v) is 5.23. The first-order chi connectivity index (χ1) is 10.1. The maximum Gasteiger partial charge on any atom is 0.152 e. The lowest BCUT2D eigenvalue weighted by Gasteiger charge is -2.24. The fraction of sp³-hybridized carbons (Fsp3) is 0.438. The predicted octanol–water partition coefficient (Wildman–Crippen LogP) is 3.83. The van der Waals surface area contributed by atoms with Crippen LogP contribution in [0.4, 0.5) is 0 Å². The van der Waals surface area contributed by atoms with Gasteiger partial charge in [-0.1, -0.05) is 0 Å². The van der Waals surface area contributed by atoms with Crippen LogP contribution in [0.15, 0.2) is 16.8 Å². The van der Waals surface area contributed by atoms with E-state index in [0.717, 1.165) is 34.7 Å². The maximum absolute atomic E-state index is 12.6. The quantitative estimate of drug-likeness (QED) is 0.791. The van der Waals surface area contributed by atoms with Gasteiger partial charge >= 0.3 is 0 Å². The van der Waals surface area contributed by atoms with Crippen LogP contribution >= 0.6 is 22.7 Å². The van der Waals surface area contributed by atoms with Gasteiger partial charge in [-0.25, -0.2) is 4.98 Å². The topological polar surface area (TPSA) is 47.0 Å². The first kappa shape index (κ1) is 13.3. The number of nitrogens with zero attached hydrogens (tertiary/aromatic N) is 1. The van der Waals surface area contributed by atoms with Crippen molar-refractivity contribution in [3.05, 3.63) is 27.4 Å². The zero-order valence-corrected chi connectivity index (χ0v) is 13.3. The van der Waals surface area contributed by atoms with Crippen molar-refractivity contribution in [2.75, 3.05) is 0 Å². The summed E-state index contributed by atoms with van der Waals surface area (Å²) in [6.07, 6.45) is 2.54. The summed E-state index contributed by atoms with van der Waals surface area (Å²) < 4.78 is 0. The Morgan fingerprint density at radius 2 is 1.90 bits per heavy atom. The average Bonchev–Trinajstić information content (AvgIpc) is 3.17. The van der Waals surface area contributed by atoms with E-state index in [1.54, 1.807) is 22.7 Å². The van der Waals surface area contributed by atoms with Gasteiger partial charge in [0, 0.05) is 27.7 Å². The van der Waals surface area contributed by atoms with Crippen LogP contribution < -0.4 is 0 Å². The number of fused-ring (bicyclic) bond motifs is 2. The van der Waals surface area contributed by atoms with Gasteiger partial charge in [-0.2, -0.15) is 11.3 Å². The number of hydrogen-bond donors (Lipinski definition) is 0. The van der Waals surface area contributed by atoms with Crippen LogP contribution in [0.5, 0.6) is 0 Å². The number of thiophene rings is 1. The molecule has 4 rings (SSSR count). The molecule has 0 radical (unpaired) electrons. The molecule has 0 N–H and O–H groups in total. The van der Waals surface area contributed by atoms with E-state index < -0.39 is 5.92 Å². The minimum absolute atomic E-state index is 0.0865. The molecule has 2 aromatic heterocycles. The number of aromatic nitrogens is 1. The Bertz CT molecular complexity index is 695. The van der Waals surface area contributed by atoms with Gasteiger partial charge < -0.3 is 0 Å². The van der Waals surface area contributed by atoms with Crippen LogP contribution in [0.25, 0.3) is 10.6 Å². The van der Waals surface area contributed by atoms with Crippen LogP contribution in [0, 0.1) is 18.8 Å². The van der Waals surface area contributed by atoms with Gasteiger partial charge in [0.2, 0.25) is 0 Å². The van der Waals surface area contributed by atoms with Crippen molar-refractivity contribution in [2.45, 2.75) is 32.1 Å². The number of Topliss-reactive ketones (excluding diaryl/α,β-unsaturated/α-hetero) is 2. The van der Waals surface area contributed by atoms with Crippen LogP contribution in [-0.4, -0.2) is 16.6 Å². The molecule has 2 saturated carbocycles. The number of rotatable bonds is 2. The number of hydrogen-bond acceptors (Lipinski definition) is 5. The van der Waals surface area contributed by atoms with E-state index in [-0.39, 0.29) is 23.4 Å². The fourth-order valence-electron chi connectivity index (χ4n) is 3.57. The largest absolute Gasteiger partial charge is 0.298 e. The summed E-state index contributed by atoms with van der Waals surface area (Å²) in [7, 11) is 0. The third-order valence-electron chi connectivity index (χ3n) is 4.68. The smallest absolute Gasteiger partial charge is 0.152 e. The second kappa shape index (κ2) is 4.85. The van der Waals surface area contributed by atoms with Gasteiger partial charge in [-0.05, 0) is 37.6 Å². The number of thiazole rings is 1. The van der Waals surface area contributed by atoms with E-state index in [0.29, 0.717) is 5.69 Å². The van der Waals surface area contributed by atoms with Crippen LogP contribution in [0.3, 0.4) is 0 Å². The molecule has 2 heterocycles. The second-order valence-electron chi connectivity index (χ2n) is 5.92. The summed E-state index contributed by atoms with van der Waals surface area (Å²) in [6.45, 7) is 1.97. The number of ketones is 2. The number of carbonyl (C=O) groups excluding carboxylic acids is 2. The molecule has 3 atom stereocenters. The highest BCUT2D eigenvalue weighted by Crippen LogP contribution is 2.45. The molecule has 21 heavy (non-hydrogen) atoms. The molecule has 0 spiro atoms. The van der Waals surface area contributed by atoms with Gasteiger partial charge in [-0.3, -0.25) is 9.59 Å². The molecule has 2 aromatic rings. The normalized spacial score (nSPS) is 28.3. The van der Waals surface area contributed by atoms with Gasteiger partial charge in [0.1, 0.15) is 10.9 Å². The third-order valence-corrected chi connectivity index (χ3v) is 6.40. The molecule has 5 heteroatoms. The molecule has 0 aliphatic heterocycles. The van der Waals surface area contributed by atoms with Crippen LogP contribution in [0.2, 0.25) is 0 Å². The van der Waals surface area contributed by atoms with Crippen molar-refractivity contribution in [3.63, 3.8) is 0 Å². The molecule has 3 nitrogen and oxygen atoms in total. The summed E-state index contributed by atoms with van der Waals surface area (Å²) in [5.41, 5.74) is 1.80.